The molecule has 0 aliphatic heterocycles. The first-order valence-corrected chi connectivity index (χ1v) is 16.1. The number of aryl methyl sites for hydroxylation is 1. The van der Waals surface area contributed by atoms with Crippen LogP contribution in [0, 0.1) is 6.92 Å². The normalized spacial score (nSPS) is 12.1. The van der Waals surface area contributed by atoms with Crippen molar-refractivity contribution < 1.29 is 17.9 Å². The van der Waals surface area contributed by atoms with Crippen LogP contribution in [0.3, 0.4) is 0 Å². The minimum Gasteiger partial charge on any atom is -0.494 e. The quantitative estimate of drug-likeness (QED) is 0.136. The van der Waals surface area contributed by atoms with E-state index in [9.17, 15) is 13.2 Å². The highest BCUT2D eigenvalue weighted by Crippen LogP contribution is 2.25. The highest BCUT2D eigenvalue weighted by molar-refractivity contribution is 7.93. The third kappa shape index (κ3) is 10.5. The molecule has 3 aromatic rings. The number of benzene rings is 2. The zero-order valence-electron chi connectivity index (χ0n) is 24.1. The Hall–Kier alpha value is -3.36. The lowest BCUT2D eigenvalue weighted by Gasteiger charge is -2.13. The first kappa shape index (κ1) is 32.2. The fourth-order valence-electron chi connectivity index (χ4n) is 4.22. The Morgan fingerprint density at radius 1 is 1.05 bits per heavy atom. The average molecular weight is 598 g/mol. The number of rotatable bonds is 16. The van der Waals surface area contributed by atoms with Crippen LogP contribution in [-0.2, 0) is 21.4 Å². The van der Waals surface area contributed by atoms with Crippen LogP contribution in [0.25, 0.3) is 12.2 Å². The summed E-state index contributed by atoms with van der Waals surface area (Å²) in [6.45, 7) is 7.20. The Bertz CT molecular complexity index is 1450. The van der Waals surface area contributed by atoms with Crippen molar-refractivity contribution in [2.75, 3.05) is 6.61 Å². The molecule has 1 amide bonds. The molecule has 3 rings (SSSR count). The van der Waals surface area contributed by atoms with Crippen molar-refractivity contribution in [3.8, 4) is 5.75 Å². The molecule has 1 heterocycles. The first-order valence-electron chi connectivity index (χ1n) is 14.2. The van der Waals surface area contributed by atoms with Gasteiger partial charge in [-0.25, -0.2) is 18.1 Å². The van der Waals surface area contributed by atoms with Gasteiger partial charge in [-0.2, -0.15) is 0 Å². The average Bonchev–Trinajstić information content (AvgIpc) is 3.29. The number of aromatic nitrogens is 2. The summed E-state index contributed by atoms with van der Waals surface area (Å²) >= 11 is 6.61. The van der Waals surface area contributed by atoms with Crippen LogP contribution in [-0.4, -0.2) is 30.5 Å². The summed E-state index contributed by atoms with van der Waals surface area (Å²) in [7, 11) is -3.99. The molecule has 0 aliphatic rings. The van der Waals surface area contributed by atoms with Crippen LogP contribution in [0.4, 0.5) is 0 Å². The molecule has 220 valence electrons. The molecule has 0 unspecified atom stereocenters. The van der Waals surface area contributed by atoms with Gasteiger partial charge in [0.15, 0.2) is 0 Å². The van der Waals surface area contributed by atoms with Crippen LogP contribution in [0.1, 0.15) is 81.4 Å². The SMILES string of the molecule is CCCCCOc1ccc(Cn2c(C=C(CCCCC)C(=O)NS(=O)(=O)C=Cc3ccccc3)cnc2C)c(Cl)c1. The smallest absolute Gasteiger partial charge is 0.260 e. The van der Waals surface area contributed by atoms with Gasteiger partial charge in [0, 0.05) is 10.6 Å². The Balaban J connectivity index is 1.81. The highest BCUT2D eigenvalue weighted by atomic mass is 35.5. The van der Waals surface area contributed by atoms with Crippen LogP contribution in [0.2, 0.25) is 5.02 Å². The van der Waals surface area contributed by atoms with E-state index in [-0.39, 0.29) is 0 Å². The van der Waals surface area contributed by atoms with Gasteiger partial charge in [-0.05, 0) is 61.6 Å². The van der Waals surface area contributed by atoms with Crippen molar-refractivity contribution in [2.45, 2.75) is 72.3 Å². The fraction of sp³-hybridized carbons (Fsp3) is 0.375. The standard InChI is InChI=1S/C32H40ClN3O4S/c1-4-6-9-15-27(32(37)35-41(38,39)20-18-26-13-10-8-11-14-26)21-29-23-34-25(3)36(29)24-28-16-17-30(22-31(28)33)40-19-12-7-5-2/h8,10-11,13-14,16-18,20-23H,4-7,9,12,15,19,24H2,1-3H3,(H,35,37). The molecule has 0 atom stereocenters. The Kier molecular flexibility index (Phi) is 12.7. The van der Waals surface area contributed by atoms with E-state index in [0.717, 1.165) is 66.6 Å². The van der Waals surface area contributed by atoms with Crippen molar-refractivity contribution in [3.05, 3.63) is 93.4 Å². The molecule has 41 heavy (non-hydrogen) atoms. The second-order valence-electron chi connectivity index (χ2n) is 9.94. The van der Waals surface area contributed by atoms with E-state index >= 15 is 0 Å². The molecule has 0 bridgehead atoms. The van der Waals surface area contributed by atoms with Crippen LogP contribution in [0.5, 0.6) is 5.75 Å². The number of unbranched alkanes of at least 4 members (excludes halogenated alkanes) is 4. The molecule has 1 N–H and O–H groups in total. The van der Waals surface area contributed by atoms with Crippen molar-refractivity contribution in [1.82, 2.24) is 14.3 Å². The van der Waals surface area contributed by atoms with Crippen LogP contribution in [0.15, 0.2) is 65.7 Å². The maximum Gasteiger partial charge on any atom is 0.260 e. The van der Waals surface area contributed by atoms with Crippen molar-refractivity contribution in [1.29, 1.82) is 0 Å². The minimum atomic E-state index is -3.99. The number of hydrogen-bond acceptors (Lipinski definition) is 5. The number of halogens is 1. The van der Waals surface area contributed by atoms with E-state index in [1.807, 2.05) is 47.9 Å². The number of nitrogens with zero attached hydrogens (tertiary/aromatic N) is 2. The van der Waals surface area contributed by atoms with E-state index in [4.69, 9.17) is 16.3 Å². The van der Waals surface area contributed by atoms with Gasteiger partial charge < -0.3 is 9.30 Å². The number of amides is 1. The Morgan fingerprint density at radius 3 is 2.49 bits per heavy atom. The van der Waals surface area contributed by atoms with Crippen molar-refractivity contribution >= 4 is 39.7 Å². The van der Waals surface area contributed by atoms with Crippen LogP contribution >= 0.6 is 11.6 Å². The third-order valence-electron chi connectivity index (χ3n) is 6.59. The minimum absolute atomic E-state index is 0.373. The lowest BCUT2D eigenvalue weighted by atomic mass is 10.1. The number of carbonyl (C=O) groups is 1. The molecule has 0 saturated carbocycles. The molecule has 0 fully saturated rings. The number of nitrogens with one attached hydrogen (secondary N) is 1. The van der Waals surface area contributed by atoms with Gasteiger partial charge >= 0.3 is 0 Å². The predicted octanol–water partition coefficient (Wildman–Crippen LogP) is 7.54. The summed E-state index contributed by atoms with van der Waals surface area (Å²) in [5.74, 6) is 0.834. The summed E-state index contributed by atoms with van der Waals surface area (Å²) in [6, 6.07) is 14.7. The molecule has 0 saturated heterocycles. The van der Waals surface area contributed by atoms with E-state index in [1.165, 1.54) is 6.08 Å². The largest absolute Gasteiger partial charge is 0.494 e. The van der Waals surface area contributed by atoms with E-state index in [2.05, 4.69) is 23.6 Å². The molecular weight excluding hydrogens is 558 g/mol. The maximum absolute atomic E-state index is 13.2. The molecule has 0 spiro atoms. The van der Waals surface area contributed by atoms with Crippen molar-refractivity contribution in [2.24, 2.45) is 0 Å². The number of ether oxygens (including phenoxy) is 1. The zero-order chi connectivity index (χ0) is 29.7. The van der Waals surface area contributed by atoms with Gasteiger partial charge in [-0.3, -0.25) is 4.79 Å². The van der Waals surface area contributed by atoms with Gasteiger partial charge in [0.05, 0.1) is 30.5 Å². The fourth-order valence-corrected chi connectivity index (χ4v) is 5.25. The van der Waals surface area contributed by atoms with Crippen molar-refractivity contribution in [3.63, 3.8) is 0 Å². The van der Waals surface area contributed by atoms with E-state index in [1.54, 1.807) is 24.4 Å². The van der Waals surface area contributed by atoms with Crippen LogP contribution < -0.4 is 9.46 Å². The van der Waals surface area contributed by atoms with Gasteiger partial charge in [-0.15, -0.1) is 0 Å². The van der Waals surface area contributed by atoms with Gasteiger partial charge in [0.1, 0.15) is 11.6 Å². The molecule has 0 aliphatic carbocycles. The second kappa shape index (κ2) is 16.2. The molecule has 2 aromatic carbocycles. The third-order valence-corrected chi connectivity index (χ3v) is 7.91. The Labute approximate surface area is 249 Å². The summed E-state index contributed by atoms with van der Waals surface area (Å²) in [5, 5.41) is 1.59. The number of hydrogen-bond donors (Lipinski definition) is 1. The summed E-state index contributed by atoms with van der Waals surface area (Å²) in [6.07, 6.45) is 11.2. The van der Waals surface area contributed by atoms with E-state index < -0.39 is 15.9 Å². The lowest BCUT2D eigenvalue weighted by Crippen LogP contribution is -2.30. The number of carbonyl (C=O) groups excluding carboxylic acids is 1. The summed E-state index contributed by atoms with van der Waals surface area (Å²) < 4.78 is 35.4. The summed E-state index contributed by atoms with van der Waals surface area (Å²) in [5.41, 5.74) is 2.67. The zero-order valence-corrected chi connectivity index (χ0v) is 25.7. The van der Waals surface area contributed by atoms with E-state index in [0.29, 0.717) is 35.9 Å². The maximum atomic E-state index is 13.2. The topological polar surface area (TPSA) is 90.3 Å². The summed E-state index contributed by atoms with van der Waals surface area (Å²) in [4.78, 5) is 17.7. The number of sulfonamides is 1. The monoisotopic (exact) mass is 597 g/mol. The molecule has 7 nitrogen and oxygen atoms in total. The molecule has 9 heteroatoms. The predicted molar refractivity (Wildman–Crippen MR) is 167 cm³/mol. The van der Waals surface area contributed by atoms with Gasteiger partial charge in [0.25, 0.3) is 15.9 Å². The number of imidazole rings is 1. The second-order valence-corrected chi connectivity index (χ2v) is 11.9. The van der Waals surface area contributed by atoms with Gasteiger partial charge in [-0.1, -0.05) is 87.5 Å². The lowest BCUT2D eigenvalue weighted by molar-refractivity contribution is -0.115. The van der Waals surface area contributed by atoms with Gasteiger partial charge in [0.2, 0.25) is 0 Å². The molecule has 1 aromatic heterocycles. The molecule has 0 radical (unpaired) electrons. The first-order chi connectivity index (χ1) is 19.7. The highest BCUT2D eigenvalue weighted by Gasteiger charge is 2.18. The Morgan fingerprint density at radius 2 is 1.78 bits per heavy atom. The molecular formula is C32H40ClN3O4S.